The van der Waals surface area contributed by atoms with Crippen LogP contribution in [0.2, 0.25) is 0 Å². The summed E-state index contributed by atoms with van der Waals surface area (Å²) in [5.74, 6) is -1.56. The number of ether oxygens (including phenoxy) is 2. The van der Waals surface area contributed by atoms with Gasteiger partial charge in [0.1, 0.15) is 11.9 Å². The summed E-state index contributed by atoms with van der Waals surface area (Å²) >= 11 is 0. The van der Waals surface area contributed by atoms with Crippen LogP contribution in [-0.4, -0.2) is 66.7 Å². The van der Waals surface area contributed by atoms with Crippen molar-refractivity contribution in [3.63, 3.8) is 0 Å². The minimum absolute atomic E-state index is 0.0348. The van der Waals surface area contributed by atoms with Gasteiger partial charge in [-0.05, 0) is 92.6 Å². The number of nitrogens with two attached hydrogens (primary N) is 1. The van der Waals surface area contributed by atoms with Crippen molar-refractivity contribution < 1.29 is 45.8 Å². The summed E-state index contributed by atoms with van der Waals surface area (Å²) in [5.41, 5.74) is 7.94. The average molecular weight is 760 g/mol. The number of amides is 1. The summed E-state index contributed by atoms with van der Waals surface area (Å²) in [6, 6.07) is 19.0. The normalized spacial score (nSPS) is 14.4. The Morgan fingerprint density at radius 2 is 1.66 bits per heavy atom. The number of rotatable bonds is 12. The van der Waals surface area contributed by atoms with Gasteiger partial charge >= 0.3 is 12.1 Å². The van der Waals surface area contributed by atoms with Gasteiger partial charge in [-0.25, -0.2) is 18.2 Å². The molecule has 1 fully saturated rings. The molecule has 2 heterocycles. The number of carbonyl (C=O) groups excluding carboxylic acids is 1. The molecule has 1 saturated heterocycles. The van der Waals surface area contributed by atoms with Crippen LogP contribution in [0.1, 0.15) is 63.6 Å². The van der Waals surface area contributed by atoms with E-state index >= 15 is 0 Å². The van der Waals surface area contributed by atoms with Crippen molar-refractivity contribution in [3.8, 4) is 11.5 Å². The van der Waals surface area contributed by atoms with Crippen LogP contribution in [0.15, 0.2) is 77.8 Å². The van der Waals surface area contributed by atoms with E-state index in [1.54, 1.807) is 46.9 Å². The van der Waals surface area contributed by atoms with Gasteiger partial charge in [0.25, 0.3) is 0 Å². The lowest BCUT2D eigenvalue weighted by Gasteiger charge is -2.24. The Hall–Kier alpha value is -5.09. The van der Waals surface area contributed by atoms with Gasteiger partial charge in [0.15, 0.2) is 11.5 Å². The van der Waals surface area contributed by atoms with Crippen LogP contribution in [-0.2, 0) is 26.2 Å². The monoisotopic (exact) mass is 759 g/mol. The first kappa shape index (κ1) is 40.7. The van der Waals surface area contributed by atoms with Crippen molar-refractivity contribution >= 4 is 44.2 Å². The number of nitrogen functional groups attached to an aromatic ring is 1. The molecule has 0 saturated carbocycles. The fourth-order valence-electron chi connectivity index (χ4n) is 5.69. The lowest BCUT2D eigenvalue weighted by molar-refractivity contribution is -0.192. The molecule has 1 aliphatic rings. The Balaban J connectivity index is 0.000000815. The van der Waals surface area contributed by atoms with Gasteiger partial charge in [-0.15, -0.1) is 0 Å². The highest BCUT2D eigenvalue weighted by molar-refractivity contribution is 7.89. The van der Waals surface area contributed by atoms with Crippen molar-refractivity contribution in [2.45, 2.75) is 76.2 Å². The number of hydrogen-bond acceptors (Lipinski definition) is 9. The first-order chi connectivity index (χ1) is 25.1. The fraction of sp³-hybridized carbons (Fsp3) is 0.378. The maximum Gasteiger partial charge on any atom is 0.490 e. The number of aliphatic carboxylic acids is 1. The highest BCUT2D eigenvalue weighted by Gasteiger charge is 2.38. The van der Waals surface area contributed by atoms with E-state index in [-0.39, 0.29) is 23.5 Å². The number of anilines is 2. The van der Waals surface area contributed by atoms with E-state index in [1.807, 2.05) is 51.1 Å². The number of pyridine rings is 1. The van der Waals surface area contributed by atoms with Crippen LogP contribution >= 0.6 is 0 Å². The number of nitrogens with one attached hydrogen (secondary N) is 2. The summed E-state index contributed by atoms with van der Waals surface area (Å²) in [6.45, 7) is 7.23. The van der Waals surface area contributed by atoms with Crippen molar-refractivity contribution in [2.75, 3.05) is 30.7 Å². The van der Waals surface area contributed by atoms with E-state index in [9.17, 15) is 26.4 Å². The van der Waals surface area contributed by atoms with E-state index in [1.165, 1.54) is 0 Å². The standard InChI is InChI=1S/C35H43N5O5S.C2HF3O2/c1-4-44-31-22-26(13-16-30(31)45-24(2)3)33(39-28-14-15-29-25(21-28)17-18-37-34(29)36)35(41)38-23-27-11-7-8-12-32(27)46(42,43)40-19-9-5-6-10-20-40;3-2(4,5)1(6)7/h7-8,11-18,21-22,24,33,39H,4-6,9-10,19-20,23H2,1-3H3,(H2,36,37)(H,38,41);(H,6,7). The van der Waals surface area contributed by atoms with Crippen molar-refractivity contribution in [3.05, 3.63) is 84.1 Å². The number of hydrogen-bond donors (Lipinski definition) is 4. The quantitative estimate of drug-likeness (QED) is 0.122. The van der Waals surface area contributed by atoms with Gasteiger partial charge in [-0.2, -0.15) is 17.5 Å². The Morgan fingerprint density at radius 3 is 2.30 bits per heavy atom. The molecule has 0 spiro atoms. The van der Waals surface area contributed by atoms with Gasteiger partial charge in [-0.3, -0.25) is 4.79 Å². The molecular formula is C37H44F3N5O7S. The number of carboxylic acids is 1. The smallest absolute Gasteiger partial charge is 0.490 e. The Bertz CT molecular complexity index is 1990. The van der Waals surface area contributed by atoms with Crippen molar-refractivity contribution in [1.82, 2.24) is 14.6 Å². The van der Waals surface area contributed by atoms with E-state index < -0.39 is 28.2 Å². The zero-order valence-electron chi connectivity index (χ0n) is 29.7. The predicted molar refractivity (Wildman–Crippen MR) is 195 cm³/mol. The SMILES string of the molecule is CCOc1cc(C(Nc2ccc3c(N)nccc3c2)C(=O)NCc2ccccc2S(=O)(=O)N2CCCCCC2)ccc1OC(C)C.O=C(O)C(F)(F)F. The molecule has 53 heavy (non-hydrogen) atoms. The highest BCUT2D eigenvalue weighted by atomic mass is 32.2. The Kier molecular flexibility index (Phi) is 13.9. The van der Waals surface area contributed by atoms with Crippen LogP contribution < -0.4 is 25.8 Å². The second-order valence-electron chi connectivity index (χ2n) is 12.5. The lowest BCUT2D eigenvalue weighted by Crippen LogP contribution is -2.35. The van der Waals surface area contributed by atoms with Crippen LogP contribution in [0.5, 0.6) is 11.5 Å². The van der Waals surface area contributed by atoms with E-state index in [0.29, 0.717) is 53.8 Å². The number of benzene rings is 3. The molecule has 1 unspecified atom stereocenters. The molecule has 12 nitrogen and oxygen atoms in total. The number of nitrogens with zero attached hydrogens (tertiary/aromatic N) is 2. The molecule has 286 valence electrons. The van der Waals surface area contributed by atoms with Gasteiger partial charge < -0.3 is 30.9 Å². The van der Waals surface area contributed by atoms with E-state index in [0.717, 1.165) is 36.5 Å². The maximum absolute atomic E-state index is 14.0. The second-order valence-corrected chi connectivity index (χ2v) is 14.4. The first-order valence-corrected chi connectivity index (χ1v) is 18.6. The minimum atomic E-state index is -5.08. The third-order valence-corrected chi connectivity index (χ3v) is 10.2. The number of halogens is 3. The number of fused-ring (bicyclic) bond motifs is 1. The zero-order chi connectivity index (χ0) is 38.8. The minimum Gasteiger partial charge on any atom is -0.490 e. The van der Waals surface area contributed by atoms with Gasteiger partial charge in [0.2, 0.25) is 15.9 Å². The molecule has 0 bridgehead atoms. The molecule has 16 heteroatoms. The Morgan fingerprint density at radius 1 is 0.981 bits per heavy atom. The molecule has 0 aliphatic carbocycles. The molecule has 1 aromatic heterocycles. The molecular weight excluding hydrogens is 715 g/mol. The van der Waals surface area contributed by atoms with E-state index in [4.69, 9.17) is 25.1 Å². The molecule has 5 rings (SSSR count). The van der Waals surface area contributed by atoms with Gasteiger partial charge in [0, 0.05) is 36.9 Å². The second kappa shape index (κ2) is 18.1. The van der Waals surface area contributed by atoms with Crippen LogP contribution in [0.4, 0.5) is 24.7 Å². The van der Waals surface area contributed by atoms with Crippen molar-refractivity contribution in [2.24, 2.45) is 0 Å². The van der Waals surface area contributed by atoms with Gasteiger partial charge in [0.05, 0.1) is 17.6 Å². The third kappa shape index (κ3) is 11.0. The van der Waals surface area contributed by atoms with Crippen LogP contribution in [0.25, 0.3) is 10.8 Å². The highest BCUT2D eigenvalue weighted by Crippen LogP contribution is 2.34. The molecule has 1 aliphatic heterocycles. The molecule has 3 aromatic carbocycles. The van der Waals surface area contributed by atoms with Crippen LogP contribution in [0, 0.1) is 0 Å². The molecule has 1 atom stereocenters. The summed E-state index contributed by atoms with van der Waals surface area (Å²) in [6.07, 6.45) is 0.226. The number of carboxylic acid groups (broad SMARTS) is 1. The van der Waals surface area contributed by atoms with E-state index in [2.05, 4.69) is 15.6 Å². The summed E-state index contributed by atoms with van der Waals surface area (Å²) < 4.78 is 72.6. The summed E-state index contributed by atoms with van der Waals surface area (Å²) in [7, 11) is -3.72. The predicted octanol–water partition coefficient (Wildman–Crippen LogP) is 6.67. The molecule has 1 amide bonds. The summed E-state index contributed by atoms with van der Waals surface area (Å²) in [4.78, 5) is 27.3. The molecule has 5 N–H and O–H groups in total. The third-order valence-electron chi connectivity index (χ3n) is 8.18. The molecule has 4 aromatic rings. The van der Waals surface area contributed by atoms with Crippen molar-refractivity contribution in [1.29, 1.82) is 0 Å². The average Bonchev–Trinajstić information content (AvgIpc) is 3.41. The summed E-state index contributed by atoms with van der Waals surface area (Å²) in [5, 5.41) is 15.2. The number of alkyl halides is 3. The first-order valence-electron chi connectivity index (χ1n) is 17.1. The largest absolute Gasteiger partial charge is 0.490 e. The zero-order valence-corrected chi connectivity index (χ0v) is 30.5. The number of sulfonamides is 1. The Labute approximate surface area is 306 Å². The molecule has 0 radical (unpaired) electrons. The van der Waals surface area contributed by atoms with Gasteiger partial charge in [-0.1, -0.05) is 37.1 Å². The topological polar surface area (TPSA) is 173 Å². The fourth-order valence-corrected chi connectivity index (χ4v) is 7.43. The maximum atomic E-state index is 14.0. The van der Waals surface area contributed by atoms with Crippen LogP contribution in [0.3, 0.4) is 0 Å². The number of aromatic nitrogens is 1. The number of carbonyl (C=O) groups is 2. The lowest BCUT2D eigenvalue weighted by atomic mass is 10.0.